The summed E-state index contributed by atoms with van der Waals surface area (Å²) in [5.74, 6) is 1.11. The Morgan fingerprint density at radius 2 is 1.62 bits per heavy atom. The first-order chi connectivity index (χ1) is 15.5. The van der Waals surface area contributed by atoms with E-state index in [-0.39, 0.29) is 5.69 Å². The van der Waals surface area contributed by atoms with Crippen molar-refractivity contribution in [2.45, 2.75) is 6.92 Å². The van der Waals surface area contributed by atoms with Gasteiger partial charge in [-0.1, -0.05) is 58.4 Å². The SMILES string of the molecule is CC(=NNc1cc(-c2ccccc2)nc(-c2ccc(Br)cc2)n1)c1ccc([N+](=O)[O-])cc1. The first-order valence-electron chi connectivity index (χ1n) is 9.75. The van der Waals surface area contributed by atoms with Crippen molar-refractivity contribution in [2.75, 3.05) is 5.43 Å². The van der Waals surface area contributed by atoms with E-state index in [2.05, 4.69) is 31.4 Å². The van der Waals surface area contributed by atoms with Crippen LogP contribution >= 0.6 is 15.9 Å². The number of nitro groups is 1. The number of aromatic nitrogens is 2. The fourth-order valence-electron chi connectivity index (χ4n) is 3.02. The maximum absolute atomic E-state index is 10.9. The van der Waals surface area contributed by atoms with Crippen molar-refractivity contribution in [3.05, 3.63) is 105 Å². The van der Waals surface area contributed by atoms with Crippen LogP contribution in [0.25, 0.3) is 22.6 Å². The number of nitro benzene ring substituents is 1. The molecule has 1 heterocycles. The van der Waals surface area contributed by atoms with Gasteiger partial charge in [0.1, 0.15) is 0 Å². The number of benzene rings is 3. The van der Waals surface area contributed by atoms with Gasteiger partial charge in [-0.25, -0.2) is 9.97 Å². The van der Waals surface area contributed by atoms with E-state index in [9.17, 15) is 10.1 Å². The van der Waals surface area contributed by atoms with Gasteiger partial charge in [0.15, 0.2) is 11.6 Å². The third kappa shape index (κ3) is 5.04. The van der Waals surface area contributed by atoms with Gasteiger partial charge in [-0.3, -0.25) is 15.5 Å². The fraction of sp³-hybridized carbons (Fsp3) is 0.0417. The lowest BCUT2D eigenvalue weighted by Crippen LogP contribution is -2.03. The van der Waals surface area contributed by atoms with Crippen LogP contribution in [-0.2, 0) is 0 Å². The number of hydrogen-bond acceptors (Lipinski definition) is 6. The van der Waals surface area contributed by atoms with E-state index in [1.54, 1.807) is 12.1 Å². The first kappa shape index (κ1) is 21.3. The van der Waals surface area contributed by atoms with Crippen molar-refractivity contribution < 1.29 is 4.92 Å². The van der Waals surface area contributed by atoms with E-state index in [1.807, 2.05) is 67.6 Å². The van der Waals surface area contributed by atoms with Gasteiger partial charge >= 0.3 is 0 Å². The molecule has 158 valence electrons. The van der Waals surface area contributed by atoms with E-state index in [1.165, 1.54) is 12.1 Å². The van der Waals surface area contributed by atoms with Gasteiger partial charge in [-0.05, 0) is 36.8 Å². The summed E-state index contributed by atoms with van der Waals surface area (Å²) in [5.41, 5.74) is 7.10. The Morgan fingerprint density at radius 1 is 0.938 bits per heavy atom. The second-order valence-corrected chi connectivity index (χ2v) is 7.86. The van der Waals surface area contributed by atoms with Crippen LogP contribution in [-0.4, -0.2) is 20.6 Å². The summed E-state index contributed by atoms with van der Waals surface area (Å²) in [4.78, 5) is 19.8. The van der Waals surface area contributed by atoms with E-state index in [0.29, 0.717) is 17.4 Å². The van der Waals surface area contributed by atoms with Crippen molar-refractivity contribution in [3.63, 3.8) is 0 Å². The van der Waals surface area contributed by atoms with E-state index in [0.717, 1.165) is 26.9 Å². The zero-order valence-electron chi connectivity index (χ0n) is 17.1. The van der Waals surface area contributed by atoms with Crippen LogP contribution in [0.1, 0.15) is 12.5 Å². The number of hydrogen-bond donors (Lipinski definition) is 1. The van der Waals surface area contributed by atoms with Crippen LogP contribution in [0.3, 0.4) is 0 Å². The highest BCUT2D eigenvalue weighted by Crippen LogP contribution is 2.25. The van der Waals surface area contributed by atoms with Crippen LogP contribution in [0.2, 0.25) is 0 Å². The summed E-state index contributed by atoms with van der Waals surface area (Å²) in [6, 6.07) is 25.7. The second kappa shape index (κ2) is 9.49. The Bertz CT molecular complexity index is 1270. The number of rotatable bonds is 6. The average molecular weight is 488 g/mol. The van der Waals surface area contributed by atoms with Gasteiger partial charge in [-0.15, -0.1) is 0 Å². The summed E-state index contributed by atoms with van der Waals surface area (Å²) in [7, 11) is 0. The van der Waals surface area contributed by atoms with Crippen molar-refractivity contribution >= 4 is 33.1 Å². The van der Waals surface area contributed by atoms with E-state index in [4.69, 9.17) is 4.98 Å². The number of anilines is 1. The van der Waals surface area contributed by atoms with Gasteiger partial charge in [0.2, 0.25) is 0 Å². The number of hydrazone groups is 1. The van der Waals surface area contributed by atoms with E-state index >= 15 is 0 Å². The standard InChI is InChI=1S/C24H18BrN5O2/c1-16(17-9-13-21(14-10-17)30(31)32)28-29-23-15-22(18-5-3-2-4-6-18)26-24(27-23)19-7-11-20(25)12-8-19/h2-15H,1H3,(H,26,27,29). The van der Waals surface area contributed by atoms with Crippen LogP contribution in [0.15, 0.2) is 94.5 Å². The minimum atomic E-state index is -0.426. The molecule has 0 amide bonds. The molecule has 0 spiro atoms. The molecular formula is C24H18BrN5O2. The molecule has 0 radical (unpaired) electrons. The number of nitrogens with zero attached hydrogens (tertiary/aromatic N) is 4. The lowest BCUT2D eigenvalue weighted by molar-refractivity contribution is -0.384. The lowest BCUT2D eigenvalue weighted by atomic mass is 10.1. The average Bonchev–Trinajstić information content (AvgIpc) is 2.83. The highest BCUT2D eigenvalue weighted by molar-refractivity contribution is 9.10. The quantitative estimate of drug-likeness (QED) is 0.195. The molecule has 0 saturated carbocycles. The number of halogens is 1. The van der Waals surface area contributed by atoms with Crippen molar-refractivity contribution in [2.24, 2.45) is 5.10 Å². The van der Waals surface area contributed by atoms with Gasteiger partial charge in [0.25, 0.3) is 5.69 Å². The van der Waals surface area contributed by atoms with Gasteiger partial charge < -0.3 is 0 Å². The molecule has 0 aliphatic heterocycles. The minimum Gasteiger partial charge on any atom is -0.261 e. The van der Waals surface area contributed by atoms with E-state index < -0.39 is 4.92 Å². The molecule has 0 fully saturated rings. The highest BCUT2D eigenvalue weighted by Gasteiger charge is 2.10. The Hall–Kier alpha value is -3.91. The van der Waals surface area contributed by atoms with Crippen LogP contribution in [0.4, 0.5) is 11.5 Å². The molecule has 0 bridgehead atoms. The Kier molecular flexibility index (Phi) is 6.32. The molecule has 4 aromatic rings. The van der Waals surface area contributed by atoms with Crippen molar-refractivity contribution in [1.29, 1.82) is 0 Å². The summed E-state index contributed by atoms with van der Waals surface area (Å²) < 4.78 is 0.974. The highest BCUT2D eigenvalue weighted by atomic mass is 79.9. The Balaban J connectivity index is 1.67. The Morgan fingerprint density at radius 3 is 2.28 bits per heavy atom. The molecule has 0 aliphatic rings. The molecular weight excluding hydrogens is 470 g/mol. The third-order valence-electron chi connectivity index (χ3n) is 4.73. The topological polar surface area (TPSA) is 93.3 Å². The predicted molar refractivity (Wildman–Crippen MR) is 130 cm³/mol. The zero-order chi connectivity index (χ0) is 22.5. The molecule has 8 heteroatoms. The maximum Gasteiger partial charge on any atom is 0.269 e. The first-order valence-corrected chi connectivity index (χ1v) is 10.5. The Labute approximate surface area is 193 Å². The molecule has 1 aromatic heterocycles. The normalized spacial score (nSPS) is 11.2. The summed E-state index contributed by atoms with van der Waals surface area (Å²) in [6.45, 7) is 1.82. The van der Waals surface area contributed by atoms with Gasteiger partial charge in [-0.2, -0.15) is 5.10 Å². The molecule has 0 aliphatic carbocycles. The van der Waals surface area contributed by atoms with Crippen LogP contribution in [0, 0.1) is 10.1 Å². The van der Waals surface area contributed by atoms with Gasteiger partial charge in [0, 0.05) is 33.8 Å². The molecule has 32 heavy (non-hydrogen) atoms. The minimum absolute atomic E-state index is 0.0388. The van der Waals surface area contributed by atoms with Crippen LogP contribution in [0.5, 0.6) is 0 Å². The fourth-order valence-corrected chi connectivity index (χ4v) is 3.28. The molecule has 0 atom stereocenters. The number of nitrogens with one attached hydrogen (secondary N) is 1. The third-order valence-corrected chi connectivity index (χ3v) is 5.26. The molecule has 0 saturated heterocycles. The second-order valence-electron chi connectivity index (χ2n) is 6.95. The van der Waals surface area contributed by atoms with Crippen LogP contribution < -0.4 is 5.43 Å². The monoisotopic (exact) mass is 487 g/mol. The molecule has 1 N–H and O–H groups in total. The molecule has 4 rings (SSSR count). The van der Waals surface area contributed by atoms with Crippen molar-refractivity contribution in [3.8, 4) is 22.6 Å². The molecule has 0 unspecified atom stereocenters. The summed E-state index contributed by atoms with van der Waals surface area (Å²) in [5, 5.41) is 15.3. The predicted octanol–water partition coefficient (Wildman–Crippen LogP) is 6.32. The largest absolute Gasteiger partial charge is 0.269 e. The zero-order valence-corrected chi connectivity index (χ0v) is 18.7. The molecule has 3 aromatic carbocycles. The molecule has 7 nitrogen and oxygen atoms in total. The van der Waals surface area contributed by atoms with Gasteiger partial charge in [0.05, 0.1) is 16.3 Å². The smallest absolute Gasteiger partial charge is 0.261 e. The van der Waals surface area contributed by atoms with Crippen molar-refractivity contribution in [1.82, 2.24) is 9.97 Å². The number of non-ortho nitro benzene ring substituents is 1. The maximum atomic E-state index is 10.9. The lowest BCUT2D eigenvalue weighted by Gasteiger charge is -2.09. The summed E-state index contributed by atoms with van der Waals surface area (Å²) in [6.07, 6.45) is 0. The summed E-state index contributed by atoms with van der Waals surface area (Å²) >= 11 is 3.45.